The number of carboxylic acids is 1. The molecule has 1 atom stereocenters. The second-order valence-corrected chi connectivity index (χ2v) is 8.80. The summed E-state index contributed by atoms with van der Waals surface area (Å²) in [6.07, 6.45) is 2.21. The van der Waals surface area contributed by atoms with Gasteiger partial charge in [0.25, 0.3) is 0 Å². The molecule has 2 aromatic rings. The van der Waals surface area contributed by atoms with Gasteiger partial charge < -0.3 is 20.1 Å². The Morgan fingerprint density at radius 2 is 1.65 bits per heavy atom. The number of aliphatic carboxylic acids is 1. The first-order valence-corrected chi connectivity index (χ1v) is 12.0. The number of amides is 2. The van der Waals surface area contributed by atoms with E-state index >= 15 is 0 Å². The third-order valence-electron chi connectivity index (χ3n) is 6.33. The Morgan fingerprint density at radius 3 is 2.24 bits per heavy atom. The molecule has 7 heteroatoms. The molecule has 0 fully saturated rings. The maximum Gasteiger partial charge on any atom is 0.407 e. The summed E-state index contributed by atoms with van der Waals surface area (Å²) in [6, 6.07) is 16.3. The van der Waals surface area contributed by atoms with Gasteiger partial charge in [-0.3, -0.25) is 9.59 Å². The maximum atomic E-state index is 12.8. The molecule has 34 heavy (non-hydrogen) atoms. The van der Waals surface area contributed by atoms with Gasteiger partial charge in [-0.1, -0.05) is 61.9 Å². The molecule has 0 aromatic heterocycles. The van der Waals surface area contributed by atoms with Crippen LogP contribution in [-0.2, 0) is 14.3 Å². The monoisotopic (exact) mass is 466 g/mol. The highest BCUT2D eigenvalue weighted by atomic mass is 16.5. The smallest absolute Gasteiger partial charge is 0.407 e. The molecule has 2 N–H and O–H groups in total. The van der Waals surface area contributed by atoms with E-state index in [-0.39, 0.29) is 37.3 Å². The summed E-state index contributed by atoms with van der Waals surface area (Å²) in [7, 11) is 1.72. The van der Waals surface area contributed by atoms with Crippen LogP contribution >= 0.6 is 0 Å². The lowest BCUT2D eigenvalue weighted by molar-refractivity contribution is -0.137. The lowest BCUT2D eigenvalue weighted by Crippen LogP contribution is -2.40. The van der Waals surface area contributed by atoms with Gasteiger partial charge in [0.05, 0.1) is 5.92 Å². The van der Waals surface area contributed by atoms with Gasteiger partial charge in [0.1, 0.15) is 6.61 Å². The molecule has 182 valence electrons. The minimum absolute atomic E-state index is 0.0110. The van der Waals surface area contributed by atoms with Crippen LogP contribution in [0.1, 0.15) is 56.1 Å². The topological polar surface area (TPSA) is 95.9 Å². The van der Waals surface area contributed by atoms with Crippen LogP contribution in [0.25, 0.3) is 11.1 Å². The lowest BCUT2D eigenvalue weighted by atomic mass is 9.98. The Morgan fingerprint density at radius 1 is 1.03 bits per heavy atom. The van der Waals surface area contributed by atoms with Gasteiger partial charge in [0.15, 0.2) is 0 Å². The molecule has 2 amide bonds. The number of carbonyl (C=O) groups is 3. The number of unbranched alkanes of at least 4 members (excludes halogenated alkanes) is 1. The molecule has 0 radical (unpaired) electrons. The highest BCUT2D eigenvalue weighted by molar-refractivity contribution is 5.80. The van der Waals surface area contributed by atoms with Crippen molar-refractivity contribution in [3.63, 3.8) is 0 Å². The number of ether oxygens (including phenoxy) is 1. The molecule has 0 saturated heterocycles. The summed E-state index contributed by atoms with van der Waals surface area (Å²) in [6.45, 7) is 2.94. The van der Waals surface area contributed by atoms with E-state index < -0.39 is 12.1 Å². The molecule has 0 aliphatic heterocycles. The number of alkyl carbamates (subject to hydrolysis) is 1. The number of rotatable bonds is 12. The highest BCUT2D eigenvalue weighted by Gasteiger charge is 2.29. The molecule has 0 bridgehead atoms. The fourth-order valence-electron chi connectivity index (χ4n) is 4.56. The van der Waals surface area contributed by atoms with Crippen molar-refractivity contribution in [1.82, 2.24) is 10.2 Å². The molecule has 1 unspecified atom stereocenters. The minimum atomic E-state index is -0.829. The summed E-state index contributed by atoms with van der Waals surface area (Å²) >= 11 is 0. The van der Waals surface area contributed by atoms with Crippen LogP contribution < -0.4 is 5.32 Å². The third-order valence-corrected chi connectivity index (χ3v) is 6.33. The summed E-state index contributed by atoms with van der Waals surface area (Å²) in [4.78, 5) is 37.6. The quantitative estimate of drug-likeness (QED) is 0.444. The molecule has 1 aliphatic carbocycles. The van der Waals surface area contributed by atoms with Crippen LogP contribution in [0.3, 0.4) is 0 Å². The van der Waals surface area contributed by atoms with Crippen molar-refractivity contribution in [2.45, 2.75) is 44.9 Å². The predicted molar refractivity (Wildman–Crippen MR) is 131 cm³/mol. The Balaban J connectivity index is 1.51. The number of carbonyl (C=O) groups excluding carboxylic acids is 2. The molecule has 1 aliphatic rings. The zero-order valence-electron chi connectivity index (χ0n) is 20.0. The van der Waals surface area contributed by atoms with Crippen molar-refractivity contribution < 1.29 is 24.2 Å². The molecule has 0 heterocycles. The van der Waals surface area contributed by atoms with Gasteiger partial charge in [-0.2, -0.15) is 0 Å². The average Bonchev–Trinajstić information content (AvgIpc) is 3.16. The van der Waals surface area contributed by atoms with E-state index in [0.29, 0.717) is 25.8 Å². The zero-order chi connectivity index (χ0) is 24.5. The molecule has 3 rings (SSSR count). The van der Waals surface area contributed by atoms with Gasteiger partial charge >= 0.3 is 12.1 Å². The number of fused-ring (bicyclic) bond motifs is 3. The van der Waals surface area contributed by atoms with Gasteiger partial charge in [-0.25, -0.2) is 4.79 Å². The van der Waals surface area contributed by atoms with Crippen molar-refractivity contribution in [3.05, 3.63) is 59.7 Å². The van der Waals surface area contributed by atoms with Crippen LogP contribution in [0.15, 0.2) is 48.5 Å². The van der Waals surface area contributed by atoms with E-state index in [1.165, 1.54) is 11.1 Å². The summed E-state index contributed by atoms with van der Waals surface area (Å²) < 4.78 is 5.58. The third kappa shape index (κ3) is 6.37. The summed E-state index contributed by atoms with van der Waals surface area (Å²) in [5, 5.41) is 11.5. The molecular formula is C27H34N2O5. The number of benzene rings is 2. The summed E-state index contributed by atoms with van der Waals surface area (Å²) in [5.74, 6) is -1.22. The largest absolute Gasteiger partial charge is 0.481 e. The lowest BCUT2D eigenvalue weighted by Gasteiger charge is -2.24. The van der Waals surface area contributed by atoms with Crippen molar-refractivity contribution in [2.75, 3.05) is 26.7 Å². The Kier molecular flexibility index (Phi) is 9.08. The minimum Gasteiger partial charge on any atom is -0.481 e. The normalized spacial score (nSPS) is 13.0. The fourth-order valence-corrected chi connectivity index (χ4v) is 4.56. The van der Waals surface area contributed by atoms with Gasteiger partial charge in [-0.05, 0) is 41.5 Å². The second kappa shape index (κ2) is 12.2. The van der Waals surface area contributed by atoms with Crippen LogP contribution in [0.2, 0.25) is 0 Å². The zero-order valence-corrected chi connectivity index (χ0v) is 20.0. The van der Waals surface area contributed by atoms with Crippen LogP contribution in [0, 0.1) is 5.92 Å². The van der Waals surface area contributed by atoms with E-state index in [9.17, 15) is 14.4 Å². The van der Waals surface area contributed by atoms with E-state index in [2.05, 4.69) is 29.6 Å². The van der Waals surface area contributed by atoms with Gasteiger partial charge in [-0.15, -0.1) is 0 Å². The van der Waals surface area contributed by atoms with Crippen LogP contribution in [0.4, 0.5) is 4.79 Å². The number of hydrogen-bond acceptors (Lipinski definition) is 4. The van der Waals surface area contributed by atoms with E-state index in [1.807, 2.05) is 31.2 Å². The predicted octanol–water partition coefficient (Wildman–Crippen LogP) is 4.65. The van der Waals surface area contributed by atoms with Crippen LogP contribution in [0.5, 0.6) is 0 Å². The van der Waals surface area contributed by atoms with E-state index in [0.717, 1.165) is 17.5 Å². The van der Waals surface area contributed by atoms with Crippen LogP contribution in [-0.4, -0.2) is 54.7 Å². The standard InChI is InChI=1S/C27H34N2O5/c1-3-10-19(26(32)29(2)16-9-8-15-25(30)31)17-28-27(33)34-18-24-22-13-6-4-11-20(22)21-12-5-7-14-23(21)24/h4-7,11-14,19,24H,3,8-10,15-18H2,1-2H3,(H,28,33)(H,30,31). The Bertz CT molecular complexity index is 961. The molecule has 0 saturated carbocycles. The van der Waals surface area contributed by atoms with Crippen molar-refractivity contribution in [1.29, 1.82) is 0 Å². The number of hydrogen-bond donors (Lipinski definition) is 2. The SMILES string of the molecule is CCCC(CNC(=O)OCC1c2ccccc2-c2ccccc21)C(=O)N(C)CCCCC(=O)O. The first kappa shape index (κ1) is 25.3. The molecule has 7 nitrogen and oxygen atoms in total. The van der Waals surface area contributed by atoms with E-state index in [4.69, 9.17) is 9.84 Å². The number of carboxylic acid groups (broad SMARTS) is 1. The maximum absolute atomic E-state index is 12.8. The second-order valence-electron chi connectivity index (χ2n) is 8.80. The molecule has 2 aromatic carbocycles. The van der Waals surface area contributed by atoms with Gasteiger partial charge in [0.2, 0.25) is 5.91 Å². The highest BCUT2D eigenvalue weighted by Crippen LogP contribution is 2.44. The van der Waals surface area contributed by atoms with Crippen molar-refractivity contribution in [3.8, 4) is 11.1 Å². The van der Waals surface area contributed by atoms with E-state index in [1.54, 1.807) is 11.9 Å². The molecular weight excluding hydrogens is 432 g/mol. The first-order valence-electron chi connectivity index (χ1n) is 12.0. The average molecular weight is 467 g/mol. The first-order chi connectivity index (χ1) is 16.4. The Hall–Kier alpha value is -3.35. The summed E-state index contributed by atoms with van der Waals surface area (Å²) in [5.41, 5.74) is 4.65. The van der Waals surface area contributed by atoms with Crippen molar-refractivity contribution >= 4 is 18.0 Å². The fraction of sp³-hybridized carbons (Fsp3) is 0.444. The number of nitrogens with one attached hydrogen (secondary N) is 1. The molecule has 0 spiro atoms. The van der Waals surface area contributed by atoms with Crippen molar-refractivity contribution in [2.24, 2.45) is 5.92 Å². The van der Waals surface area contributed by atoms with Gasteiger partial charge in [0, 0.05) is 32.5 Å². The number of nitrogens with zero attached hydrogens (tertiary/aromatic N) is 1. The Labute approximate surface area is 201 Å².